The molecule has 0 aromatic heterocycles. The van der Waals surface area contributed by atoms with Gasteiger partial charge in [0.05, 0.1) is 0 Å². The Morgan fingerprint density at radius 2 is 0.714 bits per heavy atom. The Morgan fingerprint density at radius 1 is 0.429 bits per heavy atom. The first-order valence-corrected chi connectivity index (χ1v) is 20.5. The molecule has 7 amide bonds. The molecule has 18 nitrogen and oxygen atoms in total. The molecular formula is C38H75N11O7. The maximum absolute atomic E-state index is 14.0. The third-order valence-electron chi connectivity index (χ3n) is 9.99. The van der Waals surface area contributed by atoms with Gasteiger partial charge in [-0.1, -0.05) is 40.5 Å². The van der Waals surface area contributed by atoms with E-state index in [4.69, 9.17) is 28.7 Å². The molecule has 0 rings (SSSR count). The Labute approximate surface area is 333 Å². The van der Waals surface area contributed by atoms with E-state index in [1.807, 2.05) is 13.8 Å². The van der Waals surface area contributed by atoms with Crippen molar-refractivity contribution in [3.63, 3.8) is 0 Å². The number of unbranched alkanes of at least 4 members (excludes halogenated alkanes) is 4. The molecule has 0 aliphatic rings. The third kappa shape index (κ3) is 20.9. The van der Waals surface area contributed by atoms with Crippen molar-refractivity contribution in [1.29, 1.82) is 0 Å². The van der Waals surface area contributed by atoms with Crippen LogP contribution in [-0.2, 0) is 33.6 Å². The van der Waals surface area contributed by atoms with E-state index < -0.39 is 83.5 Å². The van der Waals surface area contributed by atoms with Crippen LogP contribution in [0.4, 0.5) is 0 Å². The molecule has 8 atom stereocenters. The number of hydrogen-bond donors (Lipinski definition) is 11. The summed E-state index contributed by atoms with van der Waals surface area (Å²) >= 11 is 0. The molecule has 0 spiro atoms. The molecule has 56 heavy (non-hydrogen) atoms. The zero-order valence-corrected chi connectivity index (χ0v) is 34.6. The minimum atomic E-state index is -1.10. The molecule has 324 valence electrons. The van der Waals surface area contributed by atoms with E-state index in [9.17, 15) is 33.6 Å². The minimum Gasteiger partial charge on any atom is -0.368 e. The standard InChI is InChI=1S/C38H75N11O7/c1-6-24(3)31(33(43)51)48-36(54)29(18-10-14-22-41)46-35(53)28(17-9-13-21-40)47-38(56)32(25(4)7-2)49-37(55)30(19-11-15-23-42)45-34(52)27(44-26(5)50)16-8-12-20-39/h24-25,27-32H,6-23,39-42H2,1-5H3,(H2,43,51)(H,44,50)(H,45,52)(H,46,53)(H,47,56)(H,48,54)(H,49,55)/t24-,25-,27-,28-,29-,30-,31-,32-/m0/s1. The zero-order chi connectivity index (χ0) is 42.6. The molecule has 0 fully saturated rings. The van der Waals surface area contributed by atoms with Gasteiger partial charge in [0, 0.05) is 6.92 Å². The fourth-order valence-corrected chi connectivity index (χ4v) is 6.04. The van der Waals surface area contributed by atoms with Gasteiger partial charge < -0.3 is 60.6 Å². The van der Waals surface area contributed by atoms with E-state index in [1.165, 1.54) is 6.92 Å². The molecule has 0 aliphatic carbocycles. The predicted octanol–water partition coefficient (Wildman–Crippen LogP) is -0.991. The number of carbonyl (C=O) groups excluding carboxylic acids is 7. The highest BCUT2D eigenvalue weighted by Crippen LogP contribution is 2.14. The fraction of sp³-hybridized carbons (Fsp3) is 0.816. The van der Waals surface area contributed by atoms with E-state index in [1.54, 1.807) is 13.8 Å². The van der Waals surface area contributed by atoms with Crippen molar-refractivity contribution in [3.8, 4) is 0 Å². The number of amides is 7. The summed E-state index contributed by atoms with van der Waals surface area (Å²) in [7, 11) is 0. The summed E-state index contributed by atoms with van der Waals surface area (Å²) in [5.74, 6) is -4.71. The van der Waals surface area contributed by atoms with Crippen molar-refractivity contribution < 1.29 is 33.6 Å². The van der Waals surface area contributed by atoms with Crippen LogP contribution in [0.5, 0.6) is 0 Å². The Hall–Kier alpha value is -3.87. The van der Waals surface area contributed by atoms with Crippen molar-refractivity contribution in [2.75, 3.05) is 26.2 Å². The van der Waals surface area contributed by atoms with E-state index in [0.29, 0.717) is 96.8 Å². The predicted molar refractivity (Wildman–Crippen MR) is 217 cm³/mol. The van der Waals surface area contributed by atoms with Gasteiger partial charge in [0.15, 0.2) is 0 Å². The van der Waals surface area contributed by atoms with Crippen molar-refractivity contribution in [2.45, 2.75) is 161 Å². The third-order valence-corrected chi connectivity index (χ3v) is 9.99. The lowest BCUT2D eigenvalue weighted by molar-refractivity contribution is -0.136. The quantitative estimate of drug-likeness (QED) is 0.0367. The molecule has 0 unspecified atom stereocenters. The average Bonchev–Trinajstić information content (AvgIpc) is 3.16. The first-order valence-electron chi connectivity index (χ1n) is 20.5. The second-order valence-electron chi connectivity index (χ2n) is 14.7. The van der Waals surface area contributed by atoms with Crippen LogP contribution in [0.15, 0.2) is 0 Å². The molecule has 0 radical (unpaired) electrons. The largest absolute Gasteiger partial charge is 0.368 e. The summed E-state index contributed by atoms with van der Waals surface area (Å²) in [6.07, 6.45) is 6.50. The summed E-state index contributed by atoms with van der Waals surface area (Å²) in [4.78, 5) is 92.7. The van der Waals surface area contributed by atoms with Gasteiger partial charge in [-0.25, -0.2) is 0 Å². The summed E-state index contributed by atoms with van der Waals surface area (Å²) in [6.45, 7) is 10.1. The van der Waals surface area contributed by atoms with Crippen LogP contribution in [0, 0.1) is 11.8 Å². The van der Waals surface area contributed by atoms with Gasteiger partial charge in [-0.3, -0.25) is 33.6 Å². The molecule has 18 heteroatoms. The van der Waals surface area contributed by atoms with Crippen molar-refractivity contribution in [3.05, 3.63) is 0 Å². The first kappa shape index (κ1) is 52.1. The second kappa shape index (κ2) is 30.3. The summed E-state index contributed by atoms with van der Waals surface area (Å²) in [5, 5.41) is 16.5. The SMILES string of the molecule is CC[C@H](C)[C@H](NC(=O)[C@H](CCCCN)NC(=O)[C@H](CCCCN)NC(=O)[C@@H](NC(=O)[C@H](CCCCN)NC(=O)[C@H](CCCCN)NC(C)=O)[C@@H](C)CC)C(N)=O. The summed E-state index contributed by atoms with van der Waals surface area (Å²) in [5.41, 5.74) is 28.3. The highest BCUT2D eigenvalue weighted by molar-refractivity contribution is 5.97. The van der Waals surface area contributed by atoms with Crippen LogP contribution >= 0.6 is 0 Å². The van der Waals surface area contributed by atoms with Crippen molar-refractivity contribution in [2.24, 2.45) is 40.5 Å². The summed E-state index contributed by atoms with van der Waals surface area (Å²) in [6, 6.07) is -6.13. The number of rotatable bonds is 32. The number of nitrogens with two attached hydrogens (primary N) is 5. The fourth-order valence-electron chi connectivity index (χ4n) is 6.04. The van der Waals surface area contributed by atoms with Gasteiger partial charge in [0.2, 0.25) is 41.4 Å². The van der Waals surface area contributed by atoms with Crippen LogP contribution in [0.3, 0.4) is 0 Å². The van der Waals surface area contributed by atoms with E-state index in [0.717, 1.165) is 0 Å². The van der Waals surface area contributed by atoms with Gasteiger partial charge >= 0.3 is 0 Å². The molecule has 0 aromatic carbocycles. The molecule has 0 aliphatic heterocycles. The summed E-state index contributed by atoms with van der Waals surface area (Å²) < 4.78 is 0. The molecule has 16 N–H and O–H groups in total. The maximum atomic E-state index is 14.0. The van der Waals surface area contributed by atoms with Gasteiger partial charge in [-0.2, -0.15) is 0 Å². The normalized spacial score (nSPS) is 15.4. The van der Waals surface area contributed by atoms with Crippen LogP contribution in [0.1, 0.15) is 125 Å². The topological polar surface area (TPSA) is 322 Å². The minimum absolute atomic E-state index is 0.191. The molecule has 0 aromatic rings. The van der Waals surface area contributed by atoms with E-state index in [-0.39, 0.29) is 25.2 Å². The smallest absolute Gasteiger partial charge is 0.243 e. The van der Waals surface area contributed by atoms with Crippen molar-refractivity contribution >= 4 is 41.4 Å². The monoisotopic (exact) mass is 798 g/mol. The second-order valence-corrected chi connectivity index (χ2v) is 14.7. The van der Waals surface area contributed by atoms with Gasteiger partial charge in [-0.05, 0) is 115 Å². The van der Waals surface area contributed by atoms with Crippen LogP contribution in [-0.4, -0.2) is 104 Å². The van der Waals surface area contributed by atoms with Crippen LogP contribution < -0.4 is 60.6 Å². The number of primary amides is 1. The molecule has 0 saturated carbocycles. The van der Waals surface area contributed by atoms with Gasteiger partial charge in [0.1, 0.15) is 36.3 Å². The van der Waals surface area contributed by atoms with E-state index >= 15 is 0 Å². The molecule has 0 bridgehead atoms. The lowest BCUT2D eigenvalue weighted by atomic mass is 9.96. The lowest BCUT2D eigenvalue weighted by Crippen LogP contribution is -2.61. The van der Waals surface area contributed by atoms with E-state index in [2.05, 4.69) is 31.9 Å². The van der Waals surface area contributed by atoms with Gasteiger partial charge in [0.25, 0.3) is 0 Å². The highest BCUT2D eigenvalue weighted by atomic mass is 16.2. The number of nitrogens with one attached hydrogen (secondary N) is 6. The average molecular weight is 798 g/mol. The zero-order valence-electron chi connectivity index (χ0n) is 34.6. The van der Waals surface area contributed by atoms with Gasteiger partial charge in [-0.15, -0.1) is 0 Å². The molecule has 0 heterocycles. The molecular weight excluding hydrogens is 722 g/mol. The Balaban J connectivity index is 6.39. The van der Waals surface area contributed by atoms with Crippen LogP contribution in [0.2, 0.25) is 0 Å². The Kier molecular flexibility index (Phi) is 28.2. The van der Waals surface area contributed by atoms with Crippen LogP contribution in [0.25, 0.3) is 0 Å². The maximum Gasteiger partial charge on any atom is 0.243 e. The number of hydrogen-bond acceptors (Lipinski definition) is 11. The first-order chi connectivity index (χ1) is 26.6. The Morgan fingerprint density at radius 3 is 1.02 bits per heavy atom. The highest BCUT2D eigenvalue weighted by Gasteiger charge is 2.35. The lowest BCUT2D eigenvalue weighted by Gasteiger charge is -2.30. The van der Waals surface area contributed by atoms with Crippen molar-refractivity contribution in [1.82, 2.24) is 31.9 Å². The molecule has 0 saturated heterocycles. The number of carbonyl (C=O) groups is 7. The Bertz CT molecular complexity index is 1210.